The van der Waals surface area contributed by atoms with Crippen molar-refractivity contribution in [3.8, 4) is 0 Å². The number of phosphoric ester groups is 1. The van der Waals surface area contributed by atoms with Crippen molar-refractivity contribution < 1.29 is 60.6 Å². The first-order valence-electron chi connectivity index (χ1n) is 5.37. The van der Waals surface area contributed by atoms with E-state index in [-0.39, 0.29) is 6.42 Å². The largest absolute Gasteiger partial charge is 0.490 e. The second-order valence-electron chi connectivity index (χ2n) is 3.78. The van der Waals surface area contributed by atoms with E-state index in [9.17, 15) is 23.2 Å². The predicted molar refractivity (Wildman–Crippen MR) is 67.0 cm³/mol. The summed E-state index contributed by atoms with van der Waals surface area (Å²) >= 11 is 0. The number of ether oxygens (including phenoxy) is 1. The Kier molecular flexibility index (Phi) is 7.98. The van der Waals surface area contributed by atoms with Crippen molar-refractivity contribution in [1.82, 2.24) is 0 Å². The van der Waals surface area contributed by atoms with Crippen LogP contribution in [0, 0.1) is 0 Å². The maximum absolute atomic E-state index is 14.0. The number of hydrogen-bond acceptors (Lipinski definition) is 8. The van der Waals surface area contributed by atoms with Crippen LogP contribution in [0.15, 0.2) is 0 Å². The van der Waals surface area contributed by atoms with Crippen LogP contribution in [0.4, 0.5) is 4.39 Å². The van der Waals surface area contributed by atoms with Crippen LogP contribution in [-0.2, 0) is 31.6 Å². The Balaban J connectivity index is 4.88. The third kappa shape index (κ3) is 8.21. The van der Waals surface area contributed by atoms with Crippen molar-refractivity contribution in [2.45, 2.75) is 25.3 Å². The second-order valence-corrected chi connectivity index (χ2v) is 8.20. The summed E-state index contributed by atoms with van der Waals surface area (Å²) in [6.07, 6.45) is -1.92. The summed E-state index contributed by atoms with van der Waals surface area (Å²) in [4.78, 5) is 34.6. The van der Waals surface area contributed by atoms with E-state index in [0.29, 0.717) is 0 Å². The van der Waals surface area contributed by atoms with Gasteiger partial charge in [-0.2, -0.15) is 8.62 Å². The fourth-order valence-corrected chi connectivity index (χ4v) is 4.10. The maximum atomic E-state index is 14.0. The van der Waals surface area contributed by atoms with Crippen LogP contribution in [0.25, 0.3) is 0 Å². The van der Waals surface area contributed by atoms with Crippen molar-refractivity contribution in [2.24, 2.45) is 0 Å². The van der Waals surface area contributed by atoms with Crippen molar-refractivity contribution in [3.63, 3.8) is 0 Å². The van der Waals surface area contributed by atoms with E-state index in [1.807, 2.05) is 0 Å². The number of aliphatic hydroxyl groups excluding tert-OH is 1. The zero-order chi connectivity index (χ0) is 17.8. The lowest BCUT2D eigenvalue weighted by atomic mass is 10.1. The lowest BCUT2D eigenvalue weighted by Gasteiger charge is -2.28. The summed E-state index contributed by atoms with van der Waals surface area (Å²) in [6.45, 7) is -0.0228. The Morgan fingerprint density at radius 2 is 1.59 bits per heavy atom. The standard InChI is InChI=1S/C6H16FO12P3/c1-3-5(8)6(7,16-2)4-17-21(12,13)19-22(14,15)18-20(9,10)11/h5,8H,3-4H2,1-2H3,(H,12,13)(H,14,15)(H2,9,10,11)/t5-,6+/m0/s1. The van der Waals surface area contributed by atoms with Gasteiger partial charge in [0.25, 0.3) is 5.85 Å². The molecule has 0 bridgehead atoms. The highest BCUT2D eigenvalue weighted by Gasteiger charge is 2.44. The summed E-state index contributed by atoms with van der Waals surface area (Å²) in [7, 11) is -15.9. The third-order valence-corrected chi connectivity index (χ3v) is 5.85. The Hall–Kier alpha value is 0.260. The van der Waals surface area contributed by atoms with Gasteiger partial charge in [0.15, 0.2) is 0 Å². The first kappa shape index (κ1) is 22.3. The minimum absolute atomic E-state index is 0.163. The quantitative estimate of drug-likeness (QED) is 0.323. The Bertz CT molecular complexity index is 505. The smallest absolute Gasteiger partial charge is 0.387 e. The van der Waals surface area contributed by atoms with E-state index < -0.39 is 42.0 Å². The molecular formula is C6H16FO12P3. The monoisotopic (exact) mass is 392 g/mol. The highest BCUT2D eigenvalue weighted by Crippen LogP contribution is 2.66. The van der Waals surface area contributed by atoms with Gasteiger partial charge in [-0.05, 0) is 6.42 Å². The molecule has 0 radical (unpaired) electrons. The molecule has 0 saturated heterocycles. The van der Waals surface area contributed by atoms with Crippen LogP contribution in [0.3, 0.4) is 0 Å². The van der Waals surface area contributed by atoms with E-state index >= 15 is 0 Å². The van der Waals surface area contributed by atoms with E-state index in [1.165, 1.54) is 6.92 Å². The van der Waals surface area contributed by atoms with Crippen molar-refractivity contribution in [1.29, 1.82) is 0 Å². The summed E-state index contributed by atoms with van der Waals surface area (Å²) in [5.74, 6) is -2.93. The molecule has 134 valence electrons. The fourth-order valence-electron chi connectivity index (χ4n) is 1.07. The Labute approximate surface area is 124 Å². The minimum atomic E-state index is -5.68. The molecule has 0 aromatic heterocycles. The number of rotatable bonds is 10. The lowest BCUT2D eigenvalue weighted by molar-refractivity contribution is -0.209. The molecule has 0 spiro atoms. The molecule has 2 unspecified atom stereocenters. The van der Waals surface area contributed by atoms with Crippen LogP contribution in [0.1, 0.15) is 13.3 Å². The molecule has 0 aromatic rings. The predicted octanol–water partition coefficient (Wildman–Crippen LogP) is 0.413. The molecule has 0 rings (SSSR count). The van der Waals surface area contributed by atoms with Gasteiger partial charge in [0.2, 0.25) is 0 Å². The van der Waals surface area contributed by atoms with Gasteiger partial charge in [-0.25, -0.2) is 18.1 Å². The topological polar surface area (TPSA) is 189 Å². The SMILES string of the molecule is CC[C@H](O)[C@@](F)(COP(=O)(O)OP(=O)(O)OP(=O)(O)O)OC. The number of phosphoric acid groups is 3. The normalized spacial score (nSPS) is 22.4. The summed E-state index contributed by atoms with van der Waals surface area (Å²) in [5, 5.41) is 9.34. The number of aliphatic hydroxyl groups is 1. The second kappa shape index (κ2) is 7.89. The van der Waals surface area contributed by atoms with E-state index in [1.54, 1.807) is 0 Å². The van der Waals surface area contributed by atoms with Gasteiger partial charge in [0, 0.05) is 7.11 Å². The van der Waals surface area contributed by atoms with Crippen LogP contribution in [0.5, 0.6) is 0 Å². The van der Waals surface area contributed by atoms with E-state index in [0.717, 1.165) is 7.11 Å². The summed E-state index contributed by atoms with van der Waals surface area (Å²) in [5.41, 5.74) is 0. The maximum Gasteiger partial charge on any atom is 0.490 e. The molecular weight excluding hydrogens is 376 g/mol. The molecule has 0 aromatic carbocycles. The molecule has 22 heavy (non-hydrogen) atoms. The lowest BCUT2D eigenvalue weighted by Crippen LogP contribution is -2.43. The molecule has 12 nitrogen and oxygen atoms in total. The highest BCUT2D eigenvalue weighted by molar-refractivity contribution is 7.66. The summed E-state index contributed by atoms with van der Waals surface area (Å²) in [6, 6.07) is 0. The molecule has 0 aliphatic carbocycles. The van der Waals surface area contributed by atoms with Crippen molar-refractivity contribution >= 4 is 23.5 Å². The number of alkyl halides is 1. The zero-order valence-corrected chi connectivity index (χ0v) is 14.0. The van der Waals surface area contributed by atoms with Gasteiger partial charge in [-0.3, -0.25) is 4.52 Å². The third-order valence-electron chi connectivity index (χ3n) is 2.06. The van der Waals surface area contributed by atoms with Gasteiger partial charge in [0.05, 0.1) is 0 Å². The fraction of sp³-hybridized carbons (Fsp3) is 1.00. The van der Waals surface area contributed by atoms with Crippen molar-refractivity contribution in [2.75, 3.05) is 13.7 Å². The highest BCUT2D eigenvalue weighted by atomic mass is 31.3. The molecule has 0 heterocycles. The van der Waals surface area contributed by atoms with Crippen LogP contribution < -0.4 is 0 Å². The van der Waals surface area contributed by atoms with Gasteiger partial charge in [0.1, 0.15) is 12.7 Å². The first-order valence-corrected chi connectivity index (χ1v) is 9.89. The molecule has 0 aliphatic rings. The van der Waals surface area contributed by atoms with Gasteiger partial charge in [-0.15, -0.1) is 0 Å². The van der Waals surface area contributed by atoms with Crippen molar-refractivity contribution in [3.05, 3.63) is 0 Å². The van der Waals surface area contributed by atoms with Crippen LogP contribution in [0.2, 0.25) is 0 Å². The molecule has 5 N–H and O–H groups in total. The molecule has 0 fully saturated rings. The molecule has 0 saturated carbocycles. The van der Waals surface area contributed by atoms with Crippen LogP contribution in [-0.4, -0.2) is 50.4 Å². The Morgan fingerprint density at radius 1 is 1.09 bits per heavy atom. The molecule has 0 amide bonds. The number of halogens is 1. The average Bonchev–Trinajstić information content (AvgIpc) is 2.30. The molecule has 16 heteroatoms. The van der Waals surface area contributed by atoms with Gasteiger partial charge in [-0.1, -0.05) is 6.92 Å². The minimum Gasteiger partial charge on any atom is -0.387 e. The first-order chi connectivity index (χ1) is 9.66. The zero-order valence-electron chi connectivity index (χ0n) is 11.3. The molecule has 4 atom stereocenters. The number of hydrogen-bond donors (Lipinski definition) is 5. The van der Waals surface area contributed by atoms with E-state index in [2.05, 4.69) is 17.9 Å². The number of methoxy groups -OCH3 is 1. The Morgan fingerprint density at radius 3 is 1.95 bits per heavy atom. The van der Waals surface area contributed by atoms with Gasteiger partial charge >= 0.3 is 23.5 Å². The average molecular weight is 392 g/mol. The van der Waals surface area contributed by atoms with E-state index in [4.69, 9.17) is 19.6 Å². The summed E-state index contributed by atoms with van der Waals surface area (Å²) < 4.78 is 61.8. The van der Waals surface area contributed by atoms with Crippen LogP contribution >= 0.6 is 23.5 Å². The van der Waals surface area contributed by atoms with Gasteiger partial charge < -0.3 is 29.4 Å². The molecule has 0 aliphatic heterocycles.